The van der Waals surface area contributed by atoms with Gasteiger partial charge >= 0.3 is 0 Å². The normalized spacial score (nSPS) is 16.7. The number of hydrogen-bond acceptors (Lipinski definition) is 2. The summed E-state index contributed by atoms with van der Waals surface area (Å²) in [5.74, 6) is 0. The maximum atomic E-state index is 3.34. The van der Waals surface area contributed by atoms with Crippen molar-refractivity contribution >= 4 is 5.69 Å². The smallest absolute Gasteiger partial charge is 0.0450 e. The van der Waals surface area contributed by atoms with E-state index in [4.69, 9.17) is 0 Å². The Hall–Kier alpha value is -1.02. The maximum absolute atomic E-state index is 3.34. The number of para-hydroxylation sites is 1. The molecule has 1 heterocycles. The predicted molar refractivity (Wildman–Crippen MR) is 70.1 cm³/mol. The topological polar surface area (TPSA) is 15.3 Å². The number of nitrogens with one attached hydrogen (secondary N) is 1. The molecule has 2 heteroatoms. The van der Waals surface area contributed by atoms with Crippen LogP contribution in [0, 0.1) is 0 Å². The lowest BCUT2D eigenvalue weighted by Crippen LogP contribution is -2.30. The molecule has 2 nitrogen and oxygen atoms in total. The van der Waals surface area contributed by atoms with Crippen LogP contribution in [0.25, 0.3) is 0 Å². The van der Waals surface area contributed by atoms with E-state index in [0.717, 1.165) is 0 Å². The first-order valence-electron chi connectivity index (χ1n) is 6.21. The summed E-state index contributed by atoms with van der Waals surface area (Å²) >= 11 is 0. The number of benzene rings is 1. The van der Waals surface area contributed by atoms with Crippen molar-refractivity contribution in [2.45, 2.75) is 39.3 Å². The van der Waals surface area contributed by atoms with E-state index in [1.807, 2.05) is 7.05 Å². The van der Waals surface area contributed by atoms with Gasteiger partial charge in [0, 0.05) is 24.3 Å². The molecule has 1 atom stereocenters. The second-order valence-corrected chi connectivity index (χ2v) is 4.90. The van der Waals surface area contributed by atoms with Gasteiger partial charge in [0.15, 0.2) is 0 Å². The number of anilines is 1. The lowest BCUT2D eigenvalue weighted by Gasteiger charge is -2.28. The first-order valence-corrected chi connectivity index (χ1v) is 6.21. The molecule has 1 N–H and O–H groups in total. The van der Waals surface area contributed by atoms with Gasteiger partial charge in [-0.15, -0.1) is 0 Å². The fraction of sp³-hybridized carbons (Fsp3) is 0.571. The number of rotatable bonds is 3. The van der Waals surface area contributed by atoms with Gasteiger partial charge in [-0.2, -0.15) is 0 Å². The van der Waals surface area contributed by atoms with Crippen LogP contribution in [0.2, 0.25) is 0 Å². The highest BCUT2D eigenvalue weighted by molar-refractivity contribution is 5.64. The Labute approximate surface area is 98.7 Å². The molecule has 1 unspecified atom stereocenters. The van der Waals surface area contributed by atoms with Crippen molar-refractivity contribution < 1.29 is 0 Å². The Morgan fingerprint density at radius 1 is 1.25 bits per heavy atom. The average molecular weight is 218 g/mol. The molecule has 0 aliphatic carbocycles. The van der Waals surface area contributed by atoms with E-state index in [1.54, 1.807) is 0 Å². The van der Waals surface area contributed by atoms with Gasteiger partial charge in [-0.1, -0.05) is 18.2 Å². The van der Waals surface area contributed by atoms with Gasteiger partial charge in [-0.05, 0) is 45.4 Å². The van der Waals surface area contributed by atoms with Crippen LogP contribution < -0.4 is 10.2 Å². The van der Waals surface area contributed by atoms with Crippen LogP contribution in [-0.4, -0.2) is 19.6 Å². The van der Waals surface area contributed by atoms with E-state index in [2.05, 4.69) is 49.2 Å². The third-order valence-electron chi connectivity index (χ3n) is 3.58. The van der Waals surface area contributed by atoms with E-state index in [1.165, 1.54) is 29.8 Å². The minimum atomic E-state index is 0.425. The van der Waals surface area contributed by atoms with E-state index in [0.29, 0.717) is 12.1 Å². The Bertz CT molecular complexity index is 371. The highest BCUT2D eigenvalue weighted by Crippen LogP contribution is 2.36. The number of hydrogen-bond donors (Lipinski definition) is 1. The molecule has 16 heavy (non-hydrogen) atoms. The summed E-state index contributed by atoms with van der Waals surface area (Å²) in [7, 11) is 2.03. The summed E-state index contributed by atoms with van der Waals surface area (Å²) in [4.78, 5) is 2.53. The zero-order valence-electron chi connectivity index (χ0n) is 10.7. The molecule has 0 aromatic heterocycles. The standard InChI is InChI=1S/C14H22N2/c1-10(2)16-9-8-12-6-5-7-13(14(12)16)11(3)15-4/h5-7,10-11,15H,8-9H2,1-4H3. The average Bonchev–Trinajstić information content (AvgIpc) is 2.71. The molecule has 0 fully saturated rings. The van der Waals surface area contributed by atoms with Crippen LogP contribution >= 0.6 is 0 Å². The summed E-state index contributed by atoms with van der Waals surface area (Å²) in [5, 5.41) is 3.34. The Morgan fingerprint density at radius 2 is 2.00 bits per heavy atom. The molecule has 1 aromatic rings. The highest BCUT2D eigenvalue weighted by atomic mass is 15.2. The largest absolute Gasteiger partial charge is 0.368 e. The predicted octanol–water partition coefficient (Wildman–Crippen LogP) is 2.74. The summed E-state index contributed by atoms with van der Waals surface area (Å²) < 4.78 is 0. The second-order valence-electron chi connectivity index (χ2n) is 4.90. The molecule has 0 amide bonds. The van der Waals surface area contributed by atoms with E-state index in [-0.39, 0.29) is 0 Å². The lowest BCUT2D eigenvalue weighted by molar-refractivity contribution is 0.642. The molecule has 0 radical (unpaired) electrons. The van der Waals surface area contributed by atoms with Crippen LogP contribution in [0.1, 0.15) is 37.9 Å². The molecule has 0 saturated heterocycles. The van der Waals surface area contributed by atoms with Gasteiger partial charge in [0.05, 0.1) is 0 Å². The summed E-state index contributed by atoms with van der Waals surface area (Å²) in [6, 6.07) is 7.72. The first-order chi connectivity index (χ1) is 7.65. The quantitative estimate of drug-likeness (QED) is 0.839. The molecule has 1 aliphatic rings. The first kappa shape index (κ1) is 11.5. The van der Waals surface area contributed by atoms with Gasteiger partial charge in [0.25, 0.3) is 0 Å². The van der Waals surface area contributed by atoms with Gasteiger partial charge in [0.1, 0.15) is 0 Å². The van der Waals surface area contributed by atoms with Crippen molar-refractivity contribution in [1.82, 2.24) is 5.32 Å². The molecule has 1 aliphatic heterocycles. The van der Waals surface area contributed by atoms with Crippen molar-refractivity contribution in [3.63, 3.8) is 0 Å². The van der Waals surface area contributed by atoms with Crippen LogP contribution in [0.3, 0.4) is 0 Å². The van der Waals surface area contributed by atoms with Gasteiger partial charge < -0.3 is 10.2 Å². The molecule has 0 saturated carbocycles. The van der Waals surface area contributed by atoms with Crippen molar-refractivity contribution in [1.29, 1.82) is 0 Å². The Morgan fingerprint density at radius 3 is 2.62 bits per heavy atom. The monoisotopic (exact) mass is 218 g/mol. The van der Waals surface area contributed by atoms with Crippen molar-refractivity contribution in [2.24, 2.45) is 0 Å². The SMILES string of the molecule is CNC(C)c1cccc2c1N(C(C)C)CC2. The van der Waals surface area contributed by atoms with E-state index < -0.39 is 0 Å². The summed E-state index contributed by atoms with van der Waals surface area (Å²) in [6.07, 6.45) is 1.19. The van der Waals surface area contributed by atoms with Crippen molar-refractivity contribution in [3.8, 4) is 0 Å². The molecule has 2 rings (SSSR count). The number of fused-ring (bicyclic) bond motifs is 1. The summed E-state index contributed by atoms with van der Waals surface area (Å²) in [6.45, 7) is 7.94. The van der Waals surface area contributed by atoms with Crippen LogP contribution in [0.5, 0.6) is 0 Å². The maximum Gasteiger partial charge on any atom is 0.0450 e. The minimum absolute atomic E-state index is 0.425. The summed E-state index contributed by atoms with van der Waals surface area (Å²) in [5.41, 5.74) is 4.42. The van der Waals surface area contributed by atoms with Crippen LogP contribution in [0.15, 0.2) is 18.2 Å². The molecule has 0 spiro atoms. The minimum Gasteiger partial charge on any atom is -0.368 e. The third kappa shape index (κ3) is 1.82. The molecular formula is C14H22N2. The number of nitrogens with zero attached hydrogens (tertiary/aromatic N) is 1. The van der Waals surface area contributed by atoms with Gasteiger partial charge in [-0.25, -0.2) is 0 Å². The second kappa shape index (κ2) is 4.46. The van der Waals surface area contributed by atoms with Crippen LogP contribution in [-0.2, 0) is 6.42 Å². The fourth-order valence-electron chi connectivity index (χ4n) is 2.54. The Kier molecular flexibility index (Phi) is 3.20. The van der Waals surface area contributed by atoms with Crippen molar-refractivity contribution in [3.05, 3.63) is 29.3 Å². The van der Waals surface area contributed by atoms with Gasteiger partial charge in [-0.3, -0.25) is 0 Å². The zero-order valence-corrected chi connectivity index (χ0v) is 10.7. The molecular weight excluding hydrogens is 196 g/mol. The van der Waals surface area contributed by atoms with Crippen LogP contribution in [0.4, 0.5) is 5.69 Å². The van der Waals surface area contributed by atoms with Gasteiger partial charge in [0.2, 0.25) is 0 Å². The zero-order chi connectivity index (χ0) is 11.7. The lowest BCUT2D eigenvalue weighted by atomic mass is 10.0. The van der Waals surface area contributed by atoms with Crippen molar-refractivity contribution in [2.75, 3.05) is 18.5 Å². The van der Waals surface area contributed by atoms with E-state index in [9.17, 15) is 0 Å². The van der Waals surface area contributed by atoms with E-state index >= 15 is 0 Å². The molecule has 0 bridgehead atoms. The molecule has 88 valence electrons. The molecule has 1 aromatic carbocycles. The highest BCUT2D eigenvalue weighted by Gasteiger charge is 2.25. The third-order valence-corrected chi connectivity index (χ3v) is 3.58. The fourth-order valence-corrected chi connectivity index (χ4v) is 2.54. The Balaban J connectivity index is 2.45.